The predicted molar refractivity (Wildman–Crippen MR) is 111 cm³/mol. The molecule has 1 aromatic rings. The van der Waals surface area contributed by atoms with Crippen LogP contribution in [0.4, 0.5) is 0 Å². The largest absolute Gasteiger partial charge is 0.235 e. The molecule has 0 unspecified atom stereocenters. The molecule has 30 heavy (non-hydrogen) atoms. The van der Waals surface area contributed by atoms with Gasteiger partial charge >= 0.3 is 0 Å². The van der Waals surface area contributed by atoms with Crippen molar-refractivity contribution in [3.8, 4) is 0 Å². The lowest BCUT2D eigenvalue weighted by Crippen LogP contribution is -2.68. The third kappa shape index (κ3) is 7.72. The summed E-state index contributed by atoms with van der Waals surface area (Å²) in [6.07, 6.45) is 15.4. The number of allylic oxidation sites excluding steroid dienone is 9. The van der Waals surface area contributed by atoms with Gasteiger partial charge in [0.25, 0.3) is 0 Å². The van der Waals surface area contributed by atoms with Gasteiger partial charge in [0, 0.05) is 22.0 Å². The second-order valence-electron chi connectivity index (χ2n) is 8.01. The monoisotopic (exact) mass is 447 g/mol. The Balaban J connectivity index is 0.000000575. The molecule has 0 radical (unpaired) electrons. The lowest BCUT2D eigenvalue weighted by atomic mass is 9.81. The highest BCUT2D eigenvalue weighted by Crippen LogP contribution is 2.46. The van der Waals surface area contributed by atoms with Crippen molar-refractivity contribution in [2.45, 2.75) is 25.7 Å². The van der Waals surface area contributed by atoms with Crippen molar-refractivity contribution in [1.29, 1.82) is 0 Å². The Hall–Kier alpha value is -1.93. The third-order valence-electron chi connectivity index (χ3n) is 4.35. The van der Waals surface area contributed by atoms with Gasteiger partial charge in [0.2, 0.25) is 0 Å². The normalized spacial score (nSPS) is 17.2. The average Bonchev–Trinajstić information content (AvgIpc) is 2.64. The van der Waals surface area contributed by atoms with Crippen molar-refractivity contribution in [3.05, 3.63) is 82.8 Å². The molecule has 1 heterocycles. The minimum atomic E-state index is -4.94. The standard InChI is InChI=1S/C23H26NS.ClHO4/c1-23(2,3)21-16-19(25-22-9-7-6-8-20(21)22)15-12-17-10-13-18(14-11-17)24(4)5;2-1(3,4)5/h6-16H,1-5H3;(H,2,3,4,5)/q+1;/p-1/b19-15-;. The van der Waals surface area contributed by atoms with E-state index >= 15 is 0 Å². The molecule has 0 N–H and O–H groups in total. The highest BCUT2D eigenvalue weighted by Gasteiger charge is 2.24. The zero-order valence-corrected chi connectivity index (χ0v) is 19.3. The first kappa shape index (κ1) is 24.3. The molecule has 0 spiro atoms. The molecule has 0 atom stereocenters. The second-order valence-corrected chi connectivity index (χ2v) is 9.88. The van der Waals surface area contributed by atoms with E-state index in [4.69, 9.17) is 18.6 Å². The van der Waals surface area contributed by atoms with E-state index in [1.54, 1.807) is 0 Å². The van der Waals surface area contributed by atoms with Crippen molar-refractivity contribution in [3.63, 3.8) is 0 Å². The van der Waals surface area contributed by atoms with Crippen LogP contribution in [0.25, 0.3) is 5.57 Å². The number of fused-ring (bicyclic) bond motifs is 1. The van der Waals surface area contributed by atoms with E-state index in [1.807, 2.05) is 11.8 Å². The zero-order valence-electron chi connectivity index (χ0n) is 17.7. The summed E-state index contributed by atoms with van der Waals surface area (Å²) in [6.45, 7) is 6.85. The van der Waals surface area contributed by atoms with Crippen molar-refractivity contribution < 1.29 is 33.5 Å². The van der Waals surface area contributed by atoms with Gasteiger partial charge in [-0.1, -0.05) is 56.8 Å². The van der Waals surface area contributed by atoms with Gasteiger partial charge in [-0.05, 0) is 52.5 Å². The van der Waals surface area contributed by atoms with Crippen LogP contribution in [-0.4, -0.2) is 24.4 Å². The molecule has 1 aliphatic carbocycles. The molecule has 5 nitrogen and oxygen atoms in total. The second kappa shape index (κ2) is 9.92. The zero-order chi connectivity index (χ0) is 22.5. The summed E-state index contributed by atoms with van der Waals surface area (Å²) in [5.41, 5.74) is 5.35. The molecule has 160 valence electrons. The molecule has 0 bridgehead atoms. The Morgan fingerprint density at radius 3 is 2.00 bits per heavy atom. The van der Waals surface area contributed by atoms with Crippen molar-refractivity contribution in [2.75, 3.05) is 14.1 Å². The number of halogens is 1. The maximum atomic E-state index is 8.49. The van der Waals surface area contributed by atoms with Crippen LogP contribution in [-0.2, 0) is 0 Å². The van der Waals surface area contributed by atoms with Crippen LogP contribution >= 0.6 is 11.8 Å². The van der Waals surface area contributed by atoms with Crippen LogP contribution in [0.1, 0.15) is 26.3 Å². The van der Waals surface area contributed by atoms with Crippen molar-refractivity contribution in [1.82, 2.24) is 0 Å². The van der Waals surface area contributed by atoms with Gasteiger partial charge in [-0.15, -0.1) is 10.2 Å². The molecular formula is C23H26ClNO4S. The van der Waals surface area contributed by atoms with Crippen molar-refractivity contribution >= 4 is 23.0 Å². The quantitative estimate of drug-likeness (QED) is 0.601. The summed E-state index contributed by atoms with van der Waals surface area (Å²) < 4.78 is 36.1. The summed E-state index contributed by atoms with van der Waals surface area (Å²) >= 11 is 1.85. The maximum Gasteiger partial charge on any atom is 0.199 e. The fraction of sp³-hybridized carbons (Fsp3) is 0.261. The Morgan fingerprint density at radius 2 is 1.47 bits per heavy atom. The summed E-state index contributed by atoms with van der Waals surface area (Å²) in [6, 6.07) is 8.71. The van der Waals surface area contributed by atoms with E-state index in [0.29, 0.717) is 0 Å². The number of benzene rings is 1. The van der Waals surface area contributed by atoms with Crippen LogP contribution in [0.15, 0.2) is 82.2 Å². The van der Waals surface area contributed by atoms with E-state index in [0.717, 1.165) is 0 Å². The van der Waals surface area contributed by atoms with Gasteiger partial charge in [-0.2, -0.15) is 0 Å². The molecule has 1 aliphatic heterocycles. The lowest BCUT2D eigenvalue weighted by molar-refractivity contribution is -2.00. The third-order valence-corrected chi connectivity index (χ3v) is 5.41. The van der Waals surface area contributed by atoms with Crippen LogP contribution in [0.2, 0.25) is 0 Å². The van der Waals surface area contributed by atoms with Gasteiger partial charge in [0.15, 0.2) is 5.71 Å². The topological polar surface area (TPSA) is 95.2 Å². The molecule has 0 saturated heterocycles. The molecule has 0 fully saturated rings. The Morgan fingerprint density at radius 1 is 0.900 bits per heavy atom. The van der Waals surface area contributed by atoms with Crippen molar-refractivity contribution in [2.24, 2.45) is 5.41 Å². The van der Waals surface area contributed by atoms with Crippen LogP contribution in [0, 0.1) is 15.7 Å². The lowest BCUT2D eigenvalue weighted by Gasteiger charge is -2.28. The number of nitrogens with zero attached hydrogens (tertiary/aromatic N) is 1. The van der Waals surface area contributed by atoms with Crippen LogP contribution in [0.3, 0.4) is 0 Å². The van der Waals surface area contributed by atoms with E-state index < -0.39 is 10.2 Å². The summed E-state index contributed by atoms with van der Waals surface area (Å²) in [4.78, 5) is 2.64. The molecule has 2 aliphatic rings. The molecule has 7 heteroatoms. The van der Waals surface area contributed by atoms with Gasteiger partial charge < -0.3 is 0 Å². The number of thioether (sulfide) groups is 1. The highest BCUT2D eigenvalue weighted by atomic mass is 35.7. The molecular weight excluding hydrogens is 422 g/mol. The number of hydrogen-bond donors (Lipinski definition) is 0. The van der Waals surface area contributed by atoms with Crippen LogP contribution in [0.5, 0.6) is 0 Å². The summed E-state index contributed by atoms with van der Waals surface area (Å²) in [5, 5.41) is 0. The minimum Gasteiger partial charge on any atom is -0.235 e. The van der Waals surface area contributed by atoms with E-state index in [-0.39, 0.29) is 5.41 Å². The average molecular weight is 448 g/mol. The van der Waals surface area contributed by atoms with Gasteiger partial charge in [0.05, 0.1) is 0 Å². The van der Waals surface area contributed by atoms with E-state index in [9.17, 15) is 0 Å². The molecule has 0 aromatic heterocycles. The highest BCUT2D eigenvalue weighted by molar-refractivity contribution is 8.03. The minimum absolute atomic E-state index is 0.129. The summed E-state index contributed by atoms with van der Waals surface area (Å²) in [7, 11) is -0.814. The van der Waals surface area contributed by atoms with Crippen LogP contribution < -0.4 is 18.6 Å². The smallest absolute Gasteiger partial charge is 0.199 e. The van der Waals surface area contributed by atoms with Gasteiger partial charge in [0.1, 0.15) is 14.1 Å². The Labute approximate surface area is 184 Å². The summed E-state index contributed by atoms with van der Waals surface area (Å²) in [5.74, 6) is 0. The number of hydrogen-bond acceptors (Lipinski definition) is 5. The molecule has 3 rings (SSSR count). The predicted octanol–water partition coefficient (Wildman–Crippen LogP) is 1.12. The Kier molecular flexibility index (Phi) is 8.05. The first-order chi connectivity index (χ1) is 13.8. The molecule has 0 amide bonds. The Bertz CT molecular complexity index is 946. The van der Waals surface area contributed by atoms with Gasteiger partial charge in [-0.3, -0.25) is 0 Å². The first-order valence-corrected chi connectivity index (χ1v) is 11.3. The molecule has 1 aromatic carbocycles. The van der Waals surface area contributed by atoms with E-state index in [1.165, 1.54) is 32.2 Å². The van der Waals surface area contributed by atoms with E-state index in [2.05, 4.69) is 106 Å². The maximum absolute atomic E-state index is 8.49. The molecule has 0 saturated carbocycles. The fourth-order valence-electron chi connectivity index (χ4n) is 2.92. The fourth-order valence-corrected chi connectivity index (χ4v) is 3.92. The SMILES string of the molecule is C[N+](C)=C1C=CC(=C/C=C2/C=C(C(C)(C)C)c3ccccc3S2)C=C1.[O-][Cl+3]([O-])([O-])[O-]. The van der Waals surface area contributed by atoms with Gasteiger partial charge in [-0.25, -0.2) is 23.2 Å². The first-order valence-electron chi connectivity index (χ1n) is 9.28. The number of rotatable bonds is 1.